The van der Waals surface area contributed by atoms with Gasteiger partial charge in [0.05, 0.1) is 13.1 Å². The SMILES string of the molecule is CC[N+](CC)(Cc1ccccc1)c1ccccc1.[Br-]. The molecule has 0 bridgehead atoms. The monoisotopic (exact) mass is 319 g/mol. The Kier molecular flexibility index (Phi) is 6.26. The second kappa shape index (κ2) is 7.46. The molecule has 0 unspecified atom stereocenters. The van der Waals surface area contributed by atoms with Gasteiger partial charge in [-0.25, -0.2) is 0 Å². The molecule has 0 saturated carbocycles. The minimum atomic E-state index is 0. The molecule has 0 saturated heterocycles. The van der Waals surface area contributed by atoms with Crippen LogP contribution >= 0.6 is 0 Å². The molecular weight excluding hydrogens is 298 g/mol. The molecule has 0 N–H and O–H groups in total. The summed E-state index contributed by atoms with van der Waals surface area (Å²) >= 11 is 0. The third-order valence-electron chi connectivity index (χ3n) is 3.84. The molecule has 2 aromatic carbocycles. The van der Waals surface area contributed by atoms with E-state index in [0.29, 0.717) is 0 Å². The Morgan fingerprint density at radius 3 is 1.68 bits per heavy atom. The van der Waals surface area contributed by atoms with Gasteiger partial charge in [0.1, 0.15) is 12.2 Å². The van der Waals surface area contributed by atoms with Crippen LogP contribution in [0.4, 0.5) is 5.69 Å². The summed E-state index contributed by atoms with van der Waals surface area (Å²) in [6.45, 7) is 7.86. The number of quaternary nitrogens is 1. The zero-order valence-electron chi connectivity index (χ0n) is 11.7. The third-order valence-corrected chi connectivity index (χ3v) is 3.84. The highest BCUT2D eigenvalue weighted by Crippen LogP contribution is 2.25. The standard InChI is InChI=1S/C17H22N.BrH/c1-3-18(4-2,17-13-9-6-10-14-17)15-16-11-7-5-8-12-16;/h5-14H,3-4,15H2,1-2H3;1H/q+1;/p-1. The van der Waals surface area contributed by atoms with Crippen molar-refractivity contribution in [2.75, 3.05) is 13.1 Å². The topological polar surface area (TPSA) is 0 Å². The number of hydrogen-bond acceptors (Lipinski definition) is 0. The Balaban J connectivity index is 0.00000180. The Morgan fingerprint density at radius 2 is 1.21 bits per heavy atom. The lowest BCUT2D eigenvalue weighted by Crippen LogP contribution is -3.00. The highest BCUT2D eigenvalue weighted by molar-refractivity contribution is 5.43. The molecule has 2 rings (SSSR count). The minimum Gasteiger partial charge on any atom is -1.00 e. The van der Waals surface area contributed by atoms with Gasteiger partial charge in [-0.05, 0) is 26.0 Å². The number of nitrogens with zero attached hydrogens (tertiary/aromatic N) is 1. The molecular formula is C17H22BrN. The molecule has 0 heterocycles. The molecule has 0 amide bonds. The van der Waals surface area contributed by atoms with Gasteiger partial charge in [-0.1, -0.05) is 48.5 Å². The molecule has 19 heavy (non-hydrogen) atoms. The maximum Gasteiger partial charge on any atom is 0.133 e. The lowest BCUT2D eigenvalue weighted by atomic mass is 10.1. The fraction of sp³-hybridized carbons (Fsp3) is 0.294. The van der Waals surface area contributed by atoms with Crippen LogP contribution in [0.5, 0.6) is 0 Å². The van der Waals surface area contributed by atoms with E-state index in [1.807, 2.05) is 0 Å². The molecule has 0 spiro atoms. The third kappa shape index (κ3) is 3.68. The van der Waals surface area contributed by atoms with Crippen molar-refractivity contribution in [3.8, 4) is 0 Å². The van der Waals surface area contributed by atoms with Crippen LogP contribution in [0.25, 0.3) is 0 Å². The van der Waals surface area contributed by atoms with Crippen molar-refractivity contribution < 1.29 is 17.0 Å². The van der Waals surface area contributed by atoms with Crippen molar-refractivity contribution in [3.63, 3.8) is 0 Å². The van der Waals surface area contributed by atoms with E-state index in [4.69, 9.17) is 0 Å². The van der Waals surface area contributed by atoms with Gasteiger partial charge in [-0.15, -0.1) is 0 Å². The quantitative estimate of drug-likeness (QED) is 0.727. The minimum absolute atomic E-state index is 0. The Bertz CT molecular complexity index is 463. The molecule has 0 radical (unpaired) electrons. The van der Waals surface area contributed by atoms with Gasteiger partial charge >= 0.3 is 0 Å². The van der Waals surface area contributed by atoms with Crippen LogP contribution < -0.4 is 21.5 Å². The number of rotatable bonds is 5. The Labute approximate surface area is 127 Å². The van der Waals surface area contributed by atoms with Crippen LogP contribution in [0.2, 0.25) is 0 Å². The molecule has 0 aliphatic carbocycles. The zero-order valence-corrected chi connectivity index (χ0v) is 13.3. The average Bonchev–Trinajstić information content (AvgIpc) is 2.47. The molecule has 0 aliphatic rings. The maximum atomic E-state index is 2.28. The van der Waals surface area contributed by atoms with Gasteiger partial charge in [0.2, 0.25) is 0 Å². The summed E-state index contributed by atoms with van der Waals surface area (Å²) < 4.78 is 1.02. The summed E-state index contributed by atoms with van der Waals surface area (Å²) in [4.78, 5) is 0. The summed E-state index contributed by atoms with van der Waals surface area (Å²) in [6.07, 6.45) is 0. The summed E-state index contributed by atoms with van der Waals surface area (Å²) in [5.41, 5.74) is 2.82. The van der Waals surface area contributed by atoms with Crippen molar-refractivity contribution >= 4 is 5.69 Å². The first-order valence-corrected chi connectivity index (χ1v) is 6.76. The van der Waals surface area contributed by atoms with Crippen LogP contribution in [0.15, 0.2) is 60.7 Å². The van der Waals surface area contributed by atoms with Crippen molar-refractivity contribution in [3.05, 3.63) is 66.2 Å². The Morgan fingerprint density at radius 1 is 0.737 bits per heavy atom. The predicted molar refractivity (Wildman–Crippen MR) is 79.5 cm³/mol. The van der Waals surface area contributed by atoms with Gasteiger partial charge in [0, 0.05) is 5.56 Å². The van der Waals surface area contributed by atoms with Crippen molar-refractivity contribution in [1.82, 2.24) is 4.48 Å². The van der Waals surface area contributed by atoms with Crippen molar-refractivity contribution in [2.24, 2.45) is 0 Å². The number of hydrogen-bond donors (Lipinski definition) is 0. The number of para-hydroxylation sites is 1. The maximum absolute atomic E-state index is 2.28. The fourth-order valence-electron chi connectivity index (χ4n) is 2.58. The predicted octanol–water partition coefficient (Wildman–Crippen LogP) is 1.24. The average molecular weight is 320 g/mol. The van der Waals surface area contributed by atoms with E-state index in [1.54, 1.807) is 0 Å². The second-order valence-corrected chi connectivity index (χ2v) is 4.76. The van der Waals surface area contributed by atoms with Crippen LogP contribution in [0.3, 0.4) is 0 Å². The molecule has 0 aromatic heterocycles. The van der Waals surface area contributed by atoms with E-state index in [9.17, 15) is 0 Å². The van der Waals surface area contributed by atoms with E-state index in [1.165, 1.54) is 11.3 Å². The molecule has 2 heteroatoms. The largest absolute Gasteiger partial charge is 1.00 e. The van der Waals surface area contributed by atoms with Crippen LogP contribution in [-0.2, 0) is 6.54 Å². The smallest absolute Gasteiger partial charge is 0.133 e. The van der Waals surface area contributed by atoms with Crippen molar-refractivity contribution in [2.45, 2.75) is 20.4 Å². The zero-order chi connectivity index (χ0) is 12.8. The summed E-state index contributed by atoms with van der Waals surface area (Å²) in [5.74, 6) is 0. The van der Waals surface area contributed by atoms with Gasteiger partial charge in [-0.3, -0.25) is 4.48 Å². The highest BCUT2D eigenvalue weighted by Gasteiger charge is 2.26. The highest BCUT2D eigenvalue weighted by atomic mass is 79.9. The molecule has 0 atom stereocenters. The van der Waals surface area contributed by atoms with E-state index < -0.39 is 0 Å². The summed E-state index contributed by atoms with van der Waals surface area (Å²) in [6, 6.07) is 21.6. The van der Waals surface area contributed by atoms with Gasteiger partial charge in [-0.2, -0.15) is 0 Å². The van der Waals surface area contributed by atoms with Crippen LogP contribution in [0, 0.1) is 0 Å². The van der Waals surface area contributed by atoms with Gasteiger partial charge < -0.3 is 17.0 Å². The normalized spacial score (nSPS) is 10.8. The summed E-state index contributed by atoms with van der Waals surface area (Å²) in [7, 11) is 0. The number of benzene rings is 2. The van der Waals surface area contributed by atoms with Crippen LogP contribution in [-0.4, -0.2) is 13.1 Å². The first-order chi connectivity index (χ1) is 8.80. The van der Waals surface area contributed by atoms with Gasteiger partial charge in [0.25, 0.3) is 0 Å². The first kappa shape index (κ1) is 15.9. The van der Waals surface area contributed by atoms with E-state index >= 15 is 0 Å². The molecule has 2 aromatic rings. The van der Waals surface area contributed by atoms with E-state index in [-0.39, 0.29) is 17.0 Å². The van der Waals surface area contributed by atoms with E-state index in [2.05, 4.69) is 74.5 Å². The second-order valence-electron chi connectivity index (χ2n) is 4.76. The first-order valence-electron chi connectivity index (χ1n) is 6.76. The van der Waals surface area contributed by atoms with Gasteiger partial charge in [0.15, 0.2) is 0 Å². The molecule has 102 valence electrons. The van der Waals surface area contributed by atoms with Crippen molar-refractivity contribution in [1.29, 1.82) is 0 Å². The fourth-order valence-corrected chi connectivity index (χ4v) is 2.58. The Hall–Kier alpha value is -1.12. The lowest BCUT2D eigenvalue weighted by Gasteiger charge is -2.36. The summed E-state index contributed by atoms with van der Waals surface area (Å²) in [5, 5.41) is 0. The molecule has 0 fully saturated rings. The molecule has 0 aliphatic heterocycles. The van der Waals surface area contributed by atoms with E-state index in [0.717, 1.165) is 24.1 Å². The van der Waals surface area contributed by atoms with Crippen LogP contribution in [0.1, 0.15) is 19.4 Å². The number of halogens is 1. The lowest BCUT2D eigenvalue weighted by molar-refractivity contribution is -0.00000378. The molecule has 1 nitrogen and oxygen atoms in total.